The molecule has 0 saturated carbocycles. The van der Waals surface area contributed by atoms with Crippen molar-refractivity contribution in [1.29, 1.82) is 5.26 Å². The third kappa shape index (κ3) is 5.23. The number of fused-ring (bicyclic) bond motifs is 1. The molecule has 1 atom stereocenters. The first kappa shape index (κ1) is 26.8. The van der Waals surface area contributed by atoms with Crippen molar-refractivity contribution in [2.45, 2.75) is 76.5 Å². The zero-order valence-electron chi connectivity index (χ0n) is 23.1. The van der Waals surface area contributed by atoms with Crippen LogP contribution in [0.25, 0.3) is 10.9 Å². The Morgan fingerprint density at radius 1 is 1.18 bits per heavy atom. The van der Waals surface area contributed by atoms with Crippen LogP contribution in [0.2, 0.25) is 0 Å². The Morgan fingerprint density at radius 2 is 1.90 bits per heavy atom. The topological polar surface area (TPSA) is 128 Å². The lowest BCUT2D eigenvalue weighted by Crippen LogP contribution is -2.49. The fourth-order valence-corrected chi connectivity index (χ4v) is 5.77. The van der Waals surface area contributed by atoms with Crippen LogP contribution < -0.4 is 16.2 Å². The number of nitriles is 1. The number of carbonyl (C=O) groups excluding carboxylic acids is 1. The van der Waals surface area contributed by atoms with Gasteiger partial charge in [-0.05, 0) is 83.7 Å². The Balaban J connectivity index is 1.45. The molecule has 206 valence electrons. The van der Waals surface area contributed by atoms with E-state index in [9.17, 15) is 14.9 Å². The molecule has 4 heterocycles. The number of anilines is 2. The van der Waals surface area contributed by atoms with Crippen LogP contribution in [0.1, 0.15) is 65.4 Å². The number of aromatic nitrogens is 3. The number of aromatic amines is 1. The number of ether oxygens (including phenoxy) is 1. The molecule has 2 aromatic heterocycles. The minimum absolute atomic E-state index is 0.0260. The quantitative estimate of drug-likeness (QED) is 0.435. The van der Waals surface area contributed by atoms with Crippen molar-refractivity contribution < 1.29 is 9.53 Å². The molecule has 0 unspecified atom stereocenters. The highest BCUT2D eigenvalue weighted by atomic mass is 16.6. The van der Waals surface area contributed by atoms with Gasteiger partial charge in [-0.3, -0.25) is 9.48 Å². The zero-order valence-corrected chi connectivity index (χ0v) is 23.1. The van der Waals surface area contributed by atoms with Crippen molar-refractivity contribution in [2.24, 2.45) is 0 Å². The van der Waals surface area contributed by atoms with Gasteiger partial charge in [0, 0.05) is 30.5 Å². The average molecular weight is 532 g/mol. The van der Waals surface area contributed by atoms with Gasteiger partial charge in [0.15, 0.2) is 5.82 Å². The van der Waals surface area contributed by atoms with Gasteiger partial charge in [0.25, 0.3) is 5.56 Å². The molecule has 10 heteroatoms. The predicted molar refractivity (Wildman–Crippen MR) is 150 cm³/mol. The largest absolute Gasteiger partial charge is 0.444 e. The fraction of sp³-hybridized carbons (Fsp3) is 0.517. The number of benzene rings is 1. The number of nitrogens with zero attached hydrogens (tertiary/aromatic N) is 4. The lowest BCUT2D eigenvalue weighted by atomic mass is 9.85. The number of pyridine rings is 1. The third-order valence-corrected chi connectivity index (χ3v) is 7.96. The maximum absolute atomic E-state index is 13.0. The first-order valence-electron chi connectivity index (χ1n) is 13.6. The molecule has 0 radical (unpaired) electrons. The predicted octanol–water partition coefficient (Wildman–Crippen LogP) is 4.71. The Labute approximate surface area is 228 Å². The van der Waals surface area contributed by atoms with E-state index in [4.69, 9.17) is 9.84 Å². The molecular formula is C29H37N7O3. The summed E-state index contributed by atoms with van der Waals surface area (Å²) in [5.41, 5.74) is 1.18. The van der Waals surface area contributed by atoms with E-state index < -0.39 is 11.1 Å². The van der Waals surface area contributed by atoms with Gasteiger partial charge in [0.1, 0.15) is 11.0 Å². The number of likely N-dealkylation sites (tertiary alicyclic amines) is 1. The molecule has 2 fully saturated rings. The summed E-state index contributed by atoms with van der Waals surface area (Å²) in [7, 11) is 0. The summed E-state index contributed by atoms with van der Waals surface area (Å²) < 4.78 is 7.38. The van der Waals surface area contributed by atoms with Crippen molar-refractivity contribution in [3.05, 3.63) is 52.4 Å². The van der Waals surface area contributed by atoms with Crippen LogP contribution in [0.3, 0.4) is 0 Å². The van der Waals surface area contributed by atoms with Crippen LogP contribution >= 0.6 is 0 Å². The highest BCUT2D eigenvalue weighted by Crippen LogP contribution is 2.38. The first-order chi connectivity index (χ1) is 18.5. The molecule has 2 aliphatic rings. The van der Waals surface area contributed by atoms with Gasteiger partial charge in [-0.2, -0.15) is 10.4 Å². The molecule has 2 saturated heterocycles. The van der Waals surface area contributed by atoms with E-state index in [1.807, 2.05) is 43.7 Å². The summed E-state index contributed by atoms with van der Waals surface area (Å²) in [5.74, 6) is 0.441. The lowest BCUT2D eigenvalue weighted by molar-refractivity contribution is 0.0110. The zero-order chi connectivity index (χ0) is 27.8. The van der Waals surface area contributed by atoms with Crippen LogP contribution in [-0.2, 0) is 15.8 Å². The molecule has 2 aliphatic heterocycles. The van der Waals surface area contributed by atoms with E-state index in [1.54, 1.807) is 11.1 Å². The van der Waals surface area contributed by atoms with Crippen molar-refractivity contribution in [2.75, 3.05) is 25.0 Å². The number of carbonyl (C=O) groups is 1. The number of nitrogens with one attached hydrogen (secondary N) is 3. The Hall–Kier alpha value is -3.84. The molecule has 0 bridgehead atoms. The van der Waals surface area contributed by atoms with Crippen molar-refractivity contribution >= 4 is 28.5 Å². The van der Waals surface area contributed by atoms with Gasteiger partial charge >= 0.3 is 6.09 Å². The van der Waals surface area contributed by atoms with Gasteiger partial charge in [0.05, 0.1) is 23.5 Å². The van der Waals surface area contributed by atoms with E-state index in [0.717, 1.165) is 25.1 Å². The van der Waals surface area contributed by atoms with Crippen LogP contribution in [-0.4, -0.2) is 51.0 Å². The first-order valence-corrected chi connectivity index (χ1v) is 13.6. The lowest BCUT2D eigenvalue weighted by Gasteiger charge is -2.41. The van der Waals surface area contributed by atoms with E-state index in [0.29, 0.717) is 42.7 Å². The fourth-order valence-electron chi connectivity index (χ4n) is 5.77. The number of rotatable bonds is 5. The van der Waals surface area contributed by atoms with Gasteiger partial charge in [0.2, 0.25) is 0 Å². The van der Waals surface area contributed by atoms with Crippen molar-refractivity contribution in [1.82, 2.24) is 25.0 Å². The SMILES string of the molecule is CC(C)(C)OC(=O)N1CCC(CC#N)(n2nc(Nc3ccc([C@]4(C)CCCN4)cc3)c3c(=O)[nH]ccc32)CC1. The molecule has 3 aromatic rings. The average Bonchev–Trinajstić information content (AvgIpc) is 3.50. The molecule has 10 nitrogen and oxygen atoms in total. The Bertz CT molecular complexity index is 1450. The summed E-state index contributed by atoms with van der Waals surface area (Å²) in [4.78, 5) is 30.1. The van der Waals surface area contributed by atoms with Crippen molar-refractivity contribution in [3.8, 4) is 6.07 Å². The van der Waals surface area contributed by atoms with Crippen LogP contribution in [0.4, 0.5) is 16.3 Å². The molecule has 39 heavy (non-hydrogen) atoms. The highest BCUT2D eigenvalue weighted by Gasteiger charge is 2.41. The van der Waals surface area contributed by atoms with Crippen LogP contribution in [0.15, 0.2) is 41.3 Å². The van der Waals surface area contributed by atoms with Crippen molar-refractivity contribution in [3.63, 3.8) is 0 Å². The second-order valence-corrected chi connectivity index (χ2v) is 11.9. The molecule has 1 aromatic carbocycles. The minimum Gasteiger partial charge on any atom is -0.444 e. The van der Waals surface area contributed by atoms with E-state index in [1.165, 1.54) is 5.56 Å². The monoisotopic (exact) mass is 531 g/mol. The maximum Gasteiger partial charge on any atom is 0.410 e. The van der Waals surface area contributed by atoms with Gasteiger partial charge in [-0.25, -0.2) is 4.79 Å². The molecule has 0 aliphatic carbocycles. The van der Waals surface area contributed by atoms with E-state index in [2.05, 4.69) is 40.7 Å². The highest BCUT2D eigenvalue weighted by molar-refractivity contribution is 5.91. The second-order valence-electron chi connectivity index (χ2n) is 11.9. The maximum atomic E-state index is 13.0. The summed E-state index contributed by atoms with van der Waals surface area (Å²) in [6, 6.07) is 12.4. The minimum atomic E-state index is -0.661. The van der Waals surface area contributed by atoms with E-state index >= 15 is 0 Å². The standard InChI is InChI=1S/C29H37N7O3/c1-27(2,3)39-26(38)35-18-13-29(12-15-30,14-19-35)36-22-10-17-31-25(37)23(22)24(34-36)33-21-8-6-20(7-9-21)28(4)11-5-16-32-28/h6-10,17,32H,5,11-14,16,18-19H2,1-4H3,(H,31,37)(H,33,34)/t28-/m0/s1. The molecular weight excluding hydrogens is 494 g/mol. The number of amides is 1. The molecule has 5 rings (SSSR count). The molecule has 0 spiro atoms. The molecule has 3 N–H and O–H groups in total. The number of hydrogen-bond acceptors (Lipinski definition) is 7. The van der Waals surface area contributed by atoms with Gasteiger partial charge < -0.3 is 25.3 Å². The van der Waals surface area contributed by atoms with Gasteiger partial charge in [-0.15, -0.1) is 0 Å². The summed E-state index contributed by atoms with van der Waals surface area (Å²) in [5, 5.41) is 22.1. The number of H-pyrrole nitrogens is 1. The summed E-state index contributed by atoms with van der Waals surface area (Å²) >= 11 is 0. The summed E-state index contributed by atoms with van der Waals surface area (Å²) in [6.45, 7) is 9.63. The van der Waals surface area contributed by atoms with Crippen LogP contribution in [0, 0.1) is 11.3 Å². The Kier molecular flexibility index (Phi) is 6.89. The third-order valence-electron chi connectivity index (χ3n) is 7.96. The van der Waals surface area contributed by atoms with Crippen LogP contribution in [0.5, 0.6) is 0 Å². The van der Waals surface area contributed by atoms with Gasteiger partial charge in [-0.1, -0.05) is 12.1 Å². The van der Waals surface area contributed by atoms with E-state index in [-0.39, 0.29) is 23.6 Å². The normalized spacial score (nSPS) is 21.1. The smallest absolute Gasteiger partial charge is 0.410 e. The second kappa shape index (κ2) is 10.0. The number of hydrogen-bond donors (Lipinski definition) is 3. The number of piperidine rings is 1. The molecule has 1 amide bonds. The Morgan fingerprint density at radius 3 is 2.51 bits per heavy atom. The summed E-state index contributed by atoms with van der Waals surface area (Å²) in [6.07, 6.45) is 4.73.